The van der Waals surface area contributed by atoms with Gasteiger partial charge in [-0.25, -0.2) is 9.18 Å². The molecule has 0 aromatic rings. The van der Waals surface area contributed by atoms with Crippen molar-refractivity contribution in [1.29, 1.82) is 0 Å². The smallest absolute Gasteiger partial charge is 0.342 e. The molecule has 0 amide bonds. The molecule has 12 heavy (non-hydrogen) atoms. The molecule has 0 radical (unpaired) electrons. The number of hydrogen-bond donors (Lipinski definition) is 0. The van der Waals surface area contributed by atoms with E-state index in [0.717, 1.165) is 0 Å². The molecule has 1 saturated heterocycles. The maximum atomic E-state index is 13.2. The first-order valence-corrected chi connectivity index (χ1v) is 4.09. The minimum atomic E-state index is -1.48. The van der Waals surface area contributed by atoms with E-state index in [1.165, 1.54) is 0 Å². The first-order chi connectivity index (χ1) is 5.57. The molecule has 2 unspecified atom stereocenters. The molecular weight excluding hydrogens is 161 g/mol. The van der Waals surface area contributed by atoms with Gasteiger partial charge in [-0.3, -0.25) is 4.90 Å². The molecular formula is C8H14FNO2. The third kappa shape index (κ3) is 1.43. The standard InChI is InChI=1S/C8H14FNO2/c1-4-5-7(10(2)3)6(9)8(11)12-5/h5-7H,4H2,1-3H3/t5-,6?,7?/m1/s1. The summed E-state index contributed by atoms with van der Waals surface area (Å²) in [5.41, 5.74) is 0. The summed E-state index contributed by atoms with van der Waals surface area (Å²) in [6.45, 7) is 1.88. The summed E-state index contributed by atoms with van der Waals surface area (Å²) in [4.78, 5) is 12.5. The Morgan fingerprint density at radius 1 is 1.58 bits per heavy atom. The van der Waals surface area contributed by atoms with Crippen molar-refractivity contribution >= 4 is 5.97 Å². The summed E-state index contributed by atoms with van der Waals surface area (Å²) in [6, 6.07) is -0.414. The van der Waals surface area contributed by atoms with E-state index in [0.29, 0.717) is 6.42 Å². The van der Waals surface area contributed by atoms with Gasteiger partial charge >= 0.3 is 5.97 Å². The molecule has 0 N–H and O–H groups in total. The molecule has 1 fully saturated rings. The zero-order valence-electron chi connectivity index (χ0n) is 7.58. The van der Waals surface area contributed by atoms with E-state index in [4.69, 9.17) is 4.74 Å². The van der Waals surface area contributed by atoms with Crippen molar-refractivity contribution in [3.8, 4) is 0 Å². The van der Waals surface area contributed by atoms with Gasteiger partial charge in [-0.2, -0.15) is 0 Å². The van der Waals surface area contributed by atoms with Crippen LogP contribution in [0, 0.1) is 0 Å². The Morgan fingerprint density at radius 2 is 2.17 bits per heavy atom. The molecule has 0 aromatic heterocycles. The maximum Gasteiger partial charge on any atom is 0.342 e. The van der Waals surface area contributed by atoms with Crippen LogP contribution in [0.2, 0.25) is 0 Å². The Hall–Kier alpha value is -0.640. The first kappa shape index (κ1) is 9.45. The average molecular weight is 175 g/mol. The van der Waals surface area contributed by atoms with E-state index >= 15 is 0 Å². The summed E-state index contributed by atoms with van der Waals surface area (Å²) in [5.74, 6) is -0.722. The zero-order chi connectivity index (χ0) is 9.30. The molecule has 0 bridgehead atoms. The van der Waals surface area contributed by atoms with Crippen LogP contribution in [0.5, 0.6) is 0 Å². The van der Waals surface area contributed by atoms with Gasteiger partial charge in [-0.1, -0.05) is 6.92 Å². The number of halogens is 1. The number of nitrogens with zero attached hydrogens (tertiary/aromatic N) is 1. The van der Waals surface area contributed by atoms with Crippen LogP contribution in [0.3, 0.4) is 0 Å². The number of rotatable bonds is 2. The normalized spacial score (nSPS) is 35.8. The SMILES string of the molecule is CC[C@H]1OC(=O)C(F)C1N(C)C. The summed E-state index contributed by atoms with van der Waals surface area (Å²) < 4.78 is 18.0. The van der Waals surface area contributed by atoms with Crippen LogP contribution in [-0.2, 0) is 9.53 Å². The van der Waals surface area contributed by atoms with E-state index in [9.17, 15) is 9.18 Å². The Morgan fingerprint density at radius 3 is 2.50 bits per heavy atom. The van der Waals surface area contributed by atoms with Crippen LogP contribution in [0.4, 0.5) is 4.39 Å². The highest BCUT2D eigenvalue weighted by atomic mass is 19.1. The van der Waals surface area contributed by atoms with Crippen LogP contribution in [-0.4, -0.2) is 43.3 Å². The lowest BCUT2D eigenvalue weighted by Gasteiger charge is -2.23. The summed E-state index contributed by atoms with van der Waals surface area (Å²) in [7, 11) is 3.50. The second-order valence-corrected chi connectivity index (χ2v) is 3.24. The lowest BCUT2D eigenvalue weighted by molar-refractivity contribution is -0.145. The van der Waals surface area contributed by atoms with Crippen LogP contribution < -0.4 is 0 Å². The topological polar surface area (TPSA) is 29.5 Å². The van der Waals surface area contributed by atoms with Crippen molar-refractivity contribution in [2.75, 3.05) is 14.1 Å². The molecule has 1 heterocycles. The van der Waals surface area contributed by atoms with Crippen molar-refractivity contribution in [1.82, 2.24) is 4.90 Å². The van der Waals surface area contributed by atoms with Gasteiger partial charge in [0.05, 0.1) is 6.04 Å². The number of alkyl halides is 1. The van der Waals surface area contributed by atoms with Gasteiger partial charge in [0.15, 0.2) is 0 Å². The monoisotopic (exact) mass is 175 g/mol. The highest BCUT2D eigenvalue weighted by Gasteiger charge is 2.45. The van der Waals surface area contributed by atoms with E-state index in [-0.39, 0.29) is 6.10 Å². The predicted octanol–water partition coefficient (Wildman–Crippen LogP) is 0.590. The fourth-order valence-electron chi connectivity index (χ4n) is 1.53. The van der Waals surface area contributed by atoms with Crippen LogP contribution >= 0.6 is 0 Å². The van der Waals surface area contributed by atoms with Crippen molar-refractivity contribution < 1.29 is 13.9 Å². The van der Waals surface area contributed by atoms with Gasteiger partial charge in [0.25, 0.3) is 0 Å². The molecule has 0 aromatic carbocycles. The number of hydrogen-bond acceptors (Lipinski definition) is 3. The predicted molar refractivity (Wildman–Crippen MR) is 42.5 cm³/mol. The van der Waals surface area contributed by atoms with Crippen LogP contribution in [0.25, 0.3) is 0 Å². The van der Waals surface area contributed by atoms with E-state index in [2.05, 4.69) is 0 Å². The molecule has 4 heteroatoms. The van der Waals surface area contributed by atoms with E-state index < -0.39 is 18.2 Å². The fraction of sp³-hybridized carbons (Fsp3) is 0.875. The lowest BCUT2D eigenvalue weighted by atomic mass is 10.1. The van der Waals surface area contributed by atoms with Crippen LogP contribution in [0.15, 0.2) is 0 Å². The molecule has 1 rings (SSSR count). The minimum absolute atomic E-state index is 0.289. The van der Waals surface area contributed by atoms with E-state index in [1.54, 1.807) is 19.0 Å². The third-order valence-corrected chi connectivity index (χ3v) is 2.17. The Kier molecular flexibility index (Phi) is 2.67. The van der Waals surface area contributed by atoms with Gasteiger partial charge in [-0.15, -0.1) is 0 Å². The van der Waals surface area contributed by atoms with Gasteiger partial charge < -0.3 is 4.74 Å². The van der Waals surface area contributed by atoms with Crippen molar-refractivity contribution in [2.24, 2.45) is 0 Å². The second-order valence-electron chi connectivity index (χ2n) is 3.24. The fourth-order valence-corrected chi connectivity index (χ4v) is 1.53. The lowest BCUT2D eigenvalue weighted by Crippen LogP contribution is -2.41. The Labute approximate surface area is 71.5 Å². The highest BCUT2D eigenvalue weighted by Crippen LogP contribution is 2.24. The van der Waals surface area contributed by atoms with E-state index in [1.807, 2.05) is 6.92 Å². The molecule has 0 aliphatic carbocycles. The van der Waals surface area contributed by atoms with Crippen molar-refractivity contribution in [3.05, 3.63) is 0 Å². The largest absolute Gasteiger partial charge is 0.458 e. The third-order valence-electron chi connectivity index (χ3n) is 2.17. The summed E-state index contributed by atoms with van der Waals surface area (Å²) in [6.07, 6.45) is -1.11. The molecule has 0 spiro atoms. The number of cyclic esters (lactones) is 1. The van der Waals surface area contributed by atoms with Crippen LogP contribution in [0.1, 0.15) is 13.3 Å². The Balaban J connectivity index is 2.73. The first-order valence-electron chi connectivity index (χ1n) is 4.09. The highest BCUT2D eigenvalue weighted by molar-refractivity contribution is 5.78. The average Bonchev–Trinajstić information content (AvgIpc) is 2.28. The van der Waals surface area contributed by atoms with Gasteiger partial charge in [0, 0.05) is 0 Å². The number of carbonyl (C=O) groups is 1. The molecule has 0 saturated carbocycles. The quantitative estimate of drug-likeness (QED) is 0.575. The molecule has 1 aliphatic rings. The number of ether oxygens (including phenoxy) is 1. The molecule has 3 nitrogen and oxygen atoms in total. The maximum absolute atomic E-state index is 13.2. The van der Waals surface area contributed by atoms with Crippen molar-refractivity contribution in [2.45, 2.75) is 31.7 Å². The summed E-state index contributed by atoms with van der Waals surface area (Å²) >= 11 is 0. The van der Waals surface area contributed by atoms with Gasteiger partial charge in [-0.05, 0) is 20.5 Å². The number of carbonyl (C=O) groups excluding carboxylic acids is 1. The molecule has 3 atom stereocenters. The van der Waals surface area contributed by atoms with Gasteiger partial charge in [0.1, 0.15) is 6.10 Å². The minimum Gasteiger partial charge on any atom is -0.458 e. The molecule has 1 aliphatic heterocycles. The van der Waals surface area contributed by atoms with Gasteiger partial charge in [0.2, 0.25) is 6.17 Å². The molecule has 70 valence electrons. The summed E-state index contributed by atoms with van der Waals surface area (Å²) in [5, 5.41) is 0. The van der Waals surface area contributed by atoms with Crippen molar-refractivity contribution in [3.63, 3.8) is 0 Å². The Bertz CT molecular complexity index is 184. The zero-order valence-corrected chi connectivity index (χ0v) is 7.58. The number of likely N-dealkylation sites (N-methyl/N-ethyl adjacent to an activating group) is 1. The number of esters is 1. The second kappa shape index (κ2) is 3.39.